The third-order valence-corrected chi connectivity index (χ3v) is 2.17. The quantitative estimate of drug-likeness (QED) is 0.286. The minimum Gasteiger partial charge on any atom is -0.370 e. The number of hydrogen-bond acceptors (Lipinski definition) is 3. The van der Waals surface area contributed by atoms with Crippen LogP contribution in [0.5, 0.6) is 0 Å². The van der Waals surface area contributed by atoms with Crippen molar-refractivity contribution in [1.82, 2.24) is 0 Å². The second kappa shape index (κ2) is 7.33. The smallest absolute Gasteiger partial charge is 0.185 e. The van der Waals surface area contributed by atoms with Crippen molar-refractivity contribution in [2.45, 2.75) is 37.4 Å². The molecule has 0 amide bonds. The van der Waals surface area contributed by atoms with Crippen LogP contribution >= 0.6 is 0 Å². The van der Waals surface area contributed by atoms with Crippen LogP contribution in [-0.2, 0) is 4.79 Å². The van der Waals surface area contributed by atoms with E-state index in [0.717, 1.165) is 0 Å². The summed E-state index contributed by atoms with van der Waals surface area (Å²) in [7, 11) is 11.2. The number of nitrogens with zero attached hydrogens (tertiary/aromatic N) is 1. The zero-order valence-electron chi connectivity index (χ0n) is 9.60. The van der Waals surface area contributed by atoms with Gasteiger partial charge in [-0.05, 0) is 18.7 Å². The van der Waals surface area contributed by atoms with Crippen LogP contribution in [0, 0.1) is 0 Å². The molecule has 0 aliphatic heterocycles. The van der Waals surface area contributed by atoms with Crippen molar-refractivity contribution in [3.63, 3.8) is 0 Å². The fraction of sp³-hybridized carbons (Fsp3) is 0.778. The summed E-state index contributed by atoms with van der Waals surface area (Å²) in [5.41, 5.74) is 16.0. The van der Waals surface area contributed by atoms with E-state index in [4.69, 9.17) is 32.9 Å². The van der Waals surface area contributed by atoms with Gasteiger partial charge in [-0.1, -0.05) is 12.7 Å². The number of carbonyl (C=O) groups excluding carboxylic acids is 1. The van der Waals surface area contributed by atoms with E-state index in [2.05, 4.69) is 4.99 Å². The molecule has 0 aromatic heterocycles. The number of rotatable bonds is 7. The Morgan fingerprint density at radius 2 is 1.94 bits per heavy atom. The lowest BCUT2D eigenvalue weighted by atomic mass is 9.75. The molecule has 0 aliphatic rings. The summed E-state index contributed by atoms with van der Waals surface area (Å²) in [6, 6.07) is -0.616. The summed E-state index contributed by atoms with van der Waals surface area (Å²) < 4.78 is 0. The standard InChI is InChI=1S/C9H18B2N4O/c1-5(10)8(16)7(12)4-6(11)2-3-15-9(13)14/h5-7H,2-4,12H2,1H3,(H4,13,14,15). The van der Waals surface area contributed by atoms with Crippen LogP contribution in [-0.4, -0.2) is 40.0 Å². The molecule has 7 heteroatoms. The molecule has 16 heavy (non-hydrogen) atoms. The third kappa shape index (κ3) is 6.50. The lowest BCUT2D eigenvalue weighted by molar-refractivity contribution is -0.120. The molecular weight excluding hydrogens is 202 g/mol. The maximum Gasteiger partial charge on any atom is 0.185 e. The molecule has 0 saturated carbocycles. The van der Waals surface area contributed by atoms with E-state index in [1.165, 1.54) is 0 Å². The van der Waals surface area contributed by atoms with Crippen LogP contribution < -0.4 is 17.2 Å². The molecule has 6 N–H and O–H groups in total. The Balaban J connectivity index is 3.91. The number of aliphatic imine (C=N–C) groups is 1. The Bertz CT molecular complexity index is 254. The molecule has 0 spiro atoms. The lowest BCUT2D eigenvalue weighted by Crippen LogP contribution is -2.34. The highest BCUT2D eigenvalue weighted by molar-refractivity contribution is 6.24. The predicted octanol–water partition coefficient (Wildman–Crippen LogP) is -1.13. The van der Waals surface area contributed by atoms with Gasteiger partial charge in [-0.15, -0.1) is 0 Å². The number of Topliss-reactive ketones (excluding diaryl/α,β-unsaturated/α-hetero) is 1. The number of hydrogen-bond donors (Lipinski definition) is 3. The van der Waals surface area contributed by atoms with Gasteiger partial charge in [-0.3, -0.25) is 9.79 Å². The molecule has 86 valence electrons. The molecule has 0 aromatic carbocycles. The monoisotopic (exact) mass is 220 g/mol. The number of guanidine groups is 1. The van der Waals surface area contributed by atoms with Crippen molar-refractivity contribution in [3.05, 3.63) is 0 Å². The van der Waals surface area contributed by atoms with Crippen molar-refractivity contribution < 1.29 is 4.79 Å². The fourth-order valence-electron chi connectivity index (χ4n) is 1.26. The van der Waals surface area contributed by atoms with Gasteiger partial charge in [0.05, 0.1) is 21.7 Å². The van der Waals surface area contributed by atoms with Gasteiger partial charge in [0.1, 0.15) is 5.78 Å². The Labute approximate surface area is 99.0 Å². The predicted molar refractivity (Wildman–Crippen MR) is 67.6 cm³/mol. The van der Waals surface area contributed by atoms with E-state index < -0.39 is 11.9 Å². The average molecular weight is 220 g/mol. The lowest BCUT2D eigenvalue weighted by Gasteiger charge is -2.17. The SMILES string of the molecule is [B]C(CCN=C(N)N)CC(N)C(=O)C([B])C. The molecule has 0 bridgehead atoms. The molecule has 0 saturated heterocycles. The van der Waals surface area contributed by atoms with Gasteiger partial charge < -0.3 is 17.2 Å². The molecule has 0 aliphatic carbocycles. The summed E-state index contributed by atoms with van der Waals surface area (Å²) in [6.07, 6.45) is 0.970. The van der Waals surface area contributed by atoms with Crippen LogP contribution in [0.25, 0.3) is 0 Å². The molecule has 0 fully saturated rings. The van der Waals surface area contributed by atoms with Gasteiger partial charge in [0.2, 0.25) is 0 Å². The molecule has 5 nitrogen and oxygen atoms in total. The van der Waals surface area contributed by atoms with E-state index in [1.807, 2.05) is 0 Å². The minimum atomic E-state index is -0.616. The van der Waals surface area contributed by atoms with Crippen LogP contribution in [0.3, 0.4) is 0 Å². The van der Waals surface area contributed by atoms with Gasteiger partial charge in [0, 0.05) is 6.54 Å². The molecule has 0 heterocycles. The van der Waals surface area contributed by atoms with Gasteiger partial charge in [0.15, 0.2) is 5.96 Å². The Hall–Kier alpha value is -0.970. The Morgan fingerprint density at radius 3 is 2.38 bits per heavy atom. The highest BCUT2D eigenvalue weighted by Crippen LogP contribution is 2.15. The summed E-state index contributed by atoms with van der Waals surface area (Å²) in [5.74, 6) is -0.916. The van der Waals surface area contributed by atoms with Crippen LogP contribution in [0.2, 0.25) is 11.6 Å². The number of nitrogens with two attached hydrogens (primary N) is 3. The molecule has 3 unspecified atom stereocenters. The van der Waals surface area contributed by atoms with Gasteiger partial charge >= 0.3 is 0 Å². The summed E-state index contributed by atoms with van der Waals surface area (Å²) in [6.45, 7) is 2.04. The van der Waals surface area contributed by atoms with Gasteiger partial charge in [-0.25, -0.2) is 0 Å². The first-order chi connectivity index (χ1) is 7.34. The molecule has 0 aromatic rings. The van der Waals surface area contributed by atoms with Crippen molar-refractivity contribution in [1.29, 1.82) is 0 Å². The van der Waals surface area contributed by atoms with Crippen LogP contribution in [0.1, 0.15) is 19.8 Å². The van der Waals surface area contributed by atoms with Crippen LogP contribution in [0.15, 0.2) is 4.99 Å². The van der Waals surface area contributed by atoms with Gasteiger partial charge in [0.25, 0.3) is 0 Å². The minimum absolute atomic E-state index is 0.0307. The number of carbonyl (C=O) groups is 1. The van der Waals surface area contributed by atoms with Crippen molar-refractivity contribution in [3.8, 4) is 0 Å². The van der Waals surface area contributed by atoms with Gasteiger partial charge in [-0.2, -0.15) is 0 Å². The van der Waals surface area contributed by atoms with E-state index in [0.29, 0.717) is 19.4 Å². The highest BCUT2D eigenvalue weighted by Gasteiger charge is 2.18. The van der Waals surface area contributed by atoms with E-state index in [-0.39, 0.29) is 17.6 Å². The zero-order valence-corrected chi connectivity index (χ0v) is 9.60. The third-order valence-electron chi connectivity index (χ3n) is 2.17. The summed E-state index contributed by atoms with van der Waals surface area (Å²) in [5, 5.41) is 0. The summed E-state index contributed by atoms with van der Waals surface area (Å²) in [4.78, 5) is 15.2. The van der Waals surface area contributed by atoms with Crippen LogP contribution in [0.4, 0.5) is 0 Å². The Kier molecular flexibility index (Phi) is 6.88. The Morgan fingerprint density at radius 1 is 1.38 bits per heavy atom. The molecule has 4 radical (unpaired) electrons. The molecular formula is C9H18B2N4O. The number of ketones is 1. The normalized spacial score (nSPS) is 16.1. The zero-order chi connectivity index (χ0) is 12.7. The second-order valence-corrected chi connectivity index (χ2v) is 3.89. The van der Waals surface area contributed by atoms with Crippen molar-refractivity contribution in [2.75, 3.05) is 6.54 Å². The van der Waals surface area contributed by atoms with E-state index in [9.17, 15) is 4.79 Å². The maximum atomic E-state index is 11.4. The first-order valence-corrected chi connectivity index (χ1v) is 5.20. The second-order valence-electron chi connectivity index (χ2n) is 3.89. The molecule has 3 atom stereocenters. The fourth-order valence-corrected chi connectivity index (χ4v) is 1.26. The molecule has 0 rings (SSSR count). The first-order valence-electron chi connectivity index (χ1n) is 5.20. The summed E-state index contributed by atoms with van der Waals surface area (Å²) >= 11 is 0. The first kappa shape index (κ1) is 15.0. The van der Waals surface area contributed by atoms with Crippen molar-refractivity contribution >= 4 is 27.4 Å². The topological polar surface area (TPSA) is 107 Å². The van der Waals surface area contributed by atoms with Crippen molar-refractivity contribution in [2.24, 2.45) is 22.2 Å². The highest BCUT2D eigenvalue weighted by atomic mass is 16.1. The maximum absolute atomic E-state index is 11.4. The largest absolute Gasteiger partial charge is 0.370 e. The average Bonchev–Trinajstić information content (AvgIpc) is 2.15. The van der Waals surface area contributed by atoms with E-state index in [1.54, 1.807) is 6.92 Å². The van der Waals surface area contributed by atoms with E-state index >= 15 is 0 Å².